The van der Waals surface area contributed by atoms with Crippen molar-refractivity contribution >= 4 is 66.0 Å². The largest absolute Gasteiger partial charge is 0.506 e. The third-order valence-electron chi connectivity index (χ3n) is 6.11. The smallest absolute Gasteiger partial charge is 0.259 e. The topological polar surface area (TPSA) is 61.7 Å². The standard InChI is InChI=1S/C26H26Br2N2O2S/c1-26(2,3)16-9-10-19-21(12-16)33-25(22(19)24(32)30-18-7-5-4-6-8-18)29-14-15-11-17(27)13-20(28)23(15)31/h4-8,11,13-14,16,31H,9-10,12H2,1-3H3,(H,30,32)/t16-/m1/s1. The minimum atomic E-state index is -0.139. The number of nitrogens with one attached hydrogen (secondary N) is 1. The molecule has 4 rings (SSSR count). The number of amides is 1. The lowest BCUT2D eigenvalue weighted by molar-refractivity contribution is 0.102. The lowest BCUT2D eigenvalue weighted by Gasteiger charge is -2.33. The fourth-order valence-electron chi connectivity index (χ4n) is 4.16. The van der Waals surface area contributed by atoms with Crippen molar-refractivity contribution in [1.29, 1.82) is 0 Å². The van der Waals surface area contributed by atoms with E-state index in [1.807, 2.05) is 30.3 Å². The van der Waals surface area contributed by atoms with E-state index < -0.39 is 0 Å². The van der Waals surface area contributed by atoms with Crippen molar-refractivity contribution in [1.82, 2.24) is 0 Å². The van der Waals surface area contributed by atoms with Crippen LogP contribution in [0, 0.1) is 11.3 Å². The van der Waals surface area contributed by atoms with Crippen molar-refractivity contribution < 1.29 is 9.90 Å². The SMILES string of the molecule is CC(C)(C)[C@@H]1CCc2c(sc(N=Cc3cc(Br)cc(Br)c3O)c2C(=O)Nc2ccccc2)C1. The van der Waals surface area contributed by atoms with E-state index in [1.165, 1.54) is 4.88 Å². The lowest BCUT2D eigenvalue weighted by Crippen LogP contribution is -2.27. The molecule has 0 spiro atoms. The zero-order valence-corrected chi connectivity index (χ0v) is 22.8. The van der Waals surface area contributed by atoms with Gasteiger partial charge in [0, 0.05) is 26.8 Å². The van der Waals surface area contributed by atoms with Crippen molar-refractivity contribution in [2.24, 2.45) is 16.3 Å². The fourth-order valence-corrected chi connectivity index (χ4v) is 6.69. The van der Waals surface area contributed by atoms with Crippen molar-refractivity contribution in [3.63, 3.8) is 0 Å². The van der Waals surface area contributed by atoms with E-state index in [4.69, 9.17) is 4.99 Å². The molecule has 0 saturated heterocycles. The molecule has 1 aliphatic rings. The van der Waals surface area contributed by atoms with Gasteiger partial charge in [0.1, 0.15) is 10.8 Å². The van der Waals surface area contributed by atoms with Gasteiger partial charge >= 0.3 is 0 Å². The van der Waals surface area contributed by atoms with E-state index in [0.717, 1.165) is 35.0 Å². The summed E-state index contributed by atoms with van der Waals surface area (Å²) < 4.78 is 1.41. The van der Waals surface area contributed by atoms with Crippen molar-refractivity contribution in [3.8, 4) is 5.75 Å². The Hall–Kier alpha value is -1.96. The van der Waals surface area contributed by atoms with E-state index in [2.05, 4.69) is 57.9 Å². The summed E-state index contributed by atoms with van der Waals surface area (Å²) in [6.07, 6.45) is 4.51. The molecule has 7 heteroatoms. The number of anilines is 1. The average Bonchev–Trinajstić information content (AvgIpc) is 3.13. The molecule has 1 atom stereocenters. The first kappa shape index (κ1) is 24.2. The van der Waals surface area contributed by atoms with Crippen molar-refractivity contribution in [2.45, 2.75) is 40.0 Å². The highest BCUT2D eigenvalue weighted by atomic mass is 79.9. The maximum absolute atomic E-state index is 13.4. The van der Waals surface area contributed by atoms with Gasteiger partial charge in [0.05, 0.1) is 10.0 Å². The number of carbonyl (C=O) groups is 1. The third kappa shape index (κ3) is 5.42. The first-order valence-electron chi connectivity index (χ1n) is 10.9. The van der Waals surface area contributed by atoms with Gasteiger partial charge in [0.15, 0.2) is 0 Å². The second kappa shape index (κ2) is 9.72. The van der Waals surface area contributed by atoms with E-state index in [9.17, 15) is 9.90 Å². The predicted molar refractivity (Wildman–Crippen MR) is 144 cm³/mol. The summed E-state index contributed by atoms with van der Waals surface area (Å²) in [5, 5.41) is 14.1. The van der Waals surface area contributed by atoms with Crippen LogP contribution in [-0.4, -0.2) is 17.2 Å². The Morgan fingerprint density at radius 3 is 2.64 bits per heavy atom. The normalized spacial score (nSPS) is 16.1. The number of hydrogen-bond donors (Lipinski definition) is 2. The number of fused-ring (bicyclic) bond motifs is 1. The molecule has 3 aromatic rings. The number of phenolic OH excluding ortho intramolecular Hbond substituents is 1. The molecule has 33 heavy (non-hydrogen) atoms. The van der Waals surface area contributed by atoms with Gasteiger partial charge in [-0.3, -0.25) is 4.79 Å². The third-order valence-corrected chi connectivity index (χ3v) is 8.33. The van der Waals surface area contributed by atoms with Crippen molar-refractivity contribution in [2.75, 3.05) is 5.32 Å². The molecule has 1 amide bonds. The lowest BCUT2D eigenvalue weighted by atomic mass is 9.72. The monoisotopic (exact) mass is 588 g/mol. The zero-order chi connectivity index (χ0) is 23.8. The Morgan fingerprint density at radius 2 is 1.94 bits per heavy atom. The van der Waals surface area contributed by atoms with Gasteiger partial charge in [-0.1, -0.05) is 54.9 Å². The highest BCUT2D eigenvalue weighted by Gasteiger charge is 2.33. The molecule has 172 valence electrons. The van der Waals surface area contributed by atoms with Gasteiger partial charge in [-0.15, -0.1) is 11.3 Å². The summed E-state index contributed by atoms with van der Waals surface area (Å²) in [5.41, 5.74) is 3.31. The van der Waals surface area contributed by atoms with E-state index >= 15 is 0 Å². The average molecular weight is 590 g/mol. The summed E-state index contributed by atoms with van der Waals surface area (Å²) >= 11 is 8.41. The van der Waals surface area contributed by atoms with Gasteiger partial charge in [-0.05, 0) is 76.4 Å². The van der Waals surface area contributed by atoms with Gasteiger partial charge in [-0.25, -0.2) is 4.99 Å². The van der Waals surface area contributed by atoms with Gasteiger partial charge in [-0.2, -0.15) is 0 Å². The highest BCUT2D eigenvalue weighted by molar-refractivity contribution is 9.11. The molecule has 1 heterocycles. The number of halogens is 2. The molecule has 0 aliphatic heterocycles. The Kier molecular flexibility index (Phi) is 7.12. The summed E-state index contributed by atoms with van der Waals surface area (Å²) in [6.45, 7) is 6.85. The van der Waals surface area contributed by atoms with Crippen LogP contribution in [0.1, 0.15) is 53.6 Å². The molecule has 1 aromatic heterocycles. The first-order valence-corrected chi connectivity index (χ1v) is 13.3. The molecular formula is C26H26Br2N2O2S. The molecule has 0 radical (unpaired) electrons. The number of hydrogen-bond acceptors (Lipinski definition) is 4. The first-order chi connectivity index (χ1) is 15.6. The molecule has 2 N–H and O–H groups in total. The summed E-state index contributed by atoms with van der Waals surface area (Å²) in [6, 6.07) is 13.1. The van der Waals surface area contributed by atoms with Gasteiger partial charge in [0.2, 0.25) is 0 Å². The second-order valence-corrected chi connectivity index (χ2v) is 12.2. The summed E-state index contributed by atoms with van der Waals surface area (Å²) in [4.78, 5) is 19.3. The van der Waals surface area contributed by atoms with Crippen LogP contribution in [0.15, 0.2) is 56.4 Å². The van der Waals surface area contributed by atoms with E-state index in [-0.39, 0.29) is 17.1 Å². The number of aromatic hydroxyl groups is 1. The van der Waals surface area contributed by atoms with Crippen LogP contribution in [0.4, 0.5) is 10.7 Å². The molecule has 0 saturated carbocycles. The number of phenols is 1. The van der Waals surface area contributed by atoms with Gasteiger partial charge in [0.25, 0.3) is 5.91 Å². The van der Waals surface area contributed by atoms with Crippen LogP contribution in [0.5, 0.6) is 5.75 Å². The zero-order valence-electron chi connectivity index (χ0n) is 18.8. The van der Waals surface area contributed by atoms with Crippen LogP contribution < -0.4 is 5.32 Å². The Balaban J connectivity index is 1.74. The molecule has 1 aliphatic carbocycles. The number of thiophene rings is 1. The molecule has 4 nitrogen and oxygen atoms in total. The van der Waals surface area contributed by atoms with Crippen LogP contribution in [0.25, 0.3) is 0 Å². The summed E-state index contributed by atoms with van der Waals surface area (Å²) in [5.74, 6) is 0.543. The number of para-hydroxylation sites is 1. The number of aliphatic imine (C=N–C) groups is 1. The Labute approximate surface area is 215 Å². The minimum absolute atomic E-state index is 0.117. The number of benzene rings is 2. The van der Waals surface area contributed by atoms with Crippen LogP contribution >= 0.6 is 43.2 Å². The van der Waals surface area contributed by atoms with Gasteiger partial charge < -0.3 is 10.4 Å². The second-order valence-electron chi connectivity index (χ2n) is 9.39. The minimum Gasteiger partial charge on any atom is -0.506 e. The number of nitrogens with zero attached hydrogens (tertiary/aromatic N) is 1. The van der Waals surface area contributed by atoms with Crippen LogP contribution in [0.2, 0.25) is 0 Å². The fraction of sp³-hybridized carbons (Fsp3) is 0.308. The molecule has 0 unspecified atom stereocenters. The summed E-state index contributed by atoms with van der Waals surface area (Å²) in [7, 11) is 0. The quantitative estimate of drug-likeness (QED) is 0.302. The number of rotatable bonds is 4. The predicted octanol–water partition coefficient (Wildman–Crippen LogP) is 8.13. The maximum Gasteiger partial charge on any atom is 0.259 e. The molecule has 0 fully saturated rings. The molecular weight excluding hydrogens is 564 g/mol. The Morgan fingerprint density at radius 1 is 1.21 bits per heavy atom. The van der Waals surface area contributed by atoms with Crippen LogP contribution in [0.3, 0.4) is 0 Å². The number of carbonyl (C=O) groups excluding carboxylic acids is 1. The van der Waals surface area contributed by atoms with E-state index in [0.29, 0.717) is 26.5 Å². The van der Waals surface area contributed by atoms with Crippen LogP contribution in [-0.2, 0) is 12.8 Å². The molecule has 0 bridgehead atoms. The molecule has 2 aromatic carbocycles. The highest BCUT2D eigenvalue weighted by Crippen LogP contribution is 2.45. The van der Waals surface area contributed by atoms with E-state index in [1.54, 1.807) is 29.7 Å². The van der Waals surface area contributed by atoms with Crippen molar-refractivity contribution in [3.05, 3.63) is 73.0 Å². The Bertz CT molecular complexity index is 1210. The maximum atomic E-state index is 13.4.